The van der Waals surface area contributed by atoms with Crippen LogP contribution < -0.4 is 4.74 Å². The molecule has 0 aliphatic heterocycles. The van der Waals surface area contributed by atoms with Gasteiger partial charge in [-0.1, -0.05) is 12.1 Å². The molecule has 0 bridgehead atoms. The maximum absolute atomic E-state index is 12.0. The molecule has 0 unspecified atom stereocenters. The van der Waals surface area contributed by atoms with Gasteiger partial charge in [-0.3, -0.25) is 4.79 Å². The zero-order valence-corrected chi connectivity index (χ0v) is 13.6. The van der Waals surface area contributed by atoms with Crippen LogP contribution in [-0.2, 0) is 9.53 Å². The molecule has 0 spiro atoms. The molecule has 3 nitrogen and oxygen atoms in total. The van der Waals surface area contributed by atoms with Gasteiger partial charge in [0.1, 0.15) is 11.4 Å². The molecular formula is C18H25FO3. The monoisotopic (exact) mass is 308 g/mol. The van der Waals surface area contributed by atoms with Gasteiger partial charge in [-0.15, -0.1) is 0 Å². The van der Waals surface area contributed by atoms with Crippen molar-refractivity contribution in [2.24, 2.45) is 0 Å². The van der Waals surface area contributed by atoms with Crippen LogP contribution in [0.5, 0.6) is 5.75 Å². The van der Waals surface area contributed by atoms with Crippen molar-refractivity contribution in [1.82, 2.24) is 0 Å². The van der Waals surface area contributed by atoms with Crippen molar-refractivity contribution in [2.45, 2.75) is 52.1 Å². The molecule has 1 aromatic carbocycles. The van der Waals surface area contributed by atoms with E-state index in [0.717, 1.165) is 30.6 Å². The molecule has 0 saturated heterocycles. The molecule has 0 radical (unpaired) electrons. The van der Waals surface area contributed by atoms with Gasteiger partial charge in [0.25, 0.3) is 0 Å². The Morgan fingerprint density at radius 2 is 1.82 bits per heavy atom. The fraction of sp³-hybridized carbons (Fsp3) is 0.500. The number of ether oxygens (including phenoxy) is 2. The van der Waals surface area contributed by atoms with Gasteiger partial charge in [0.05, 0.1) is 12.9 Å². The standard InChI is InChI=1S/C18H25FO3/c1-18(2,3)22-17(20)7-5-4-6-14-21-16-10-8-15(9-11-16)12-13-19/h8-13H,4-7,14H2,1-3H3/b13-12+. The maximum atomic E-state index is 12.0. The number of hydrogen-bond donors (Lipinski definition) is 0. The fourth-order valence-electron chi connectivity index (χ4n) is 1.88. The van der Waals surface area contributed by atoms with Crippen molar-refractivity contribution in [1.29, 1.82) is 0 Å². The van der Waals surface area contributed by atoms with Gasteiger partial charge in [0.2, 0.25) is 0 Å². The van der Waals surface area contributed by atoms with Crippen molar-refractivity contribution < 1.29 is 18.7 Å². The first kappa shape index (κ1) is 18.2. The highest BCUT2D eigenvalue weighted by Crippen LogP contribution is 2.14. The summed E-state index contributed by atoms with van der Waals surface area (Å²) in [5.41, 5.74) is 0.385. The smallest absolute Gasteiger partial charge is 0.306 e. The van der Waals surface area contributed by atoms with Gasteiger partial charge < -0.3 is 9.47 Å². The molecule has 22 heavy (non-hydrogen) atoms. The van der Waals surface area contributed by atoms with Crippen molar-refractivity contribution in [3.63, 3.8) is 0 Å². The van der Waals surface area contributed by atoms with Gasteiger partial charge in [-0.05, 0) is 63.8 Å². The summed E-state index contributed by atoms with van der Waals surface area (Å²) in [4.78, 5) is 11.5. The van der Waals surface area contributed by atoms with Gasteiger partial charge in [0, 0.05) is 6.42 Å². The van der Waals surface area contributed by atoms with Crippen molar-refractivity contribution in [2.75, 3.05) is 6.61 Å². The molecule has 122 valence electrons. The molecule has 1 rings (SSSR count). The number of rotatable bonds is 8. The maximum Gasteiger partial charge on any atom is 0.306 e. The van der Waals surface area contributed by atoms with Gasteiger partial charge in [0.15, 0.2) is 0 Å². The van der Waals surface area contributed by atoms with E-state index in [-0.39, 0.29) is 5.97 Å². The predicted octanol–water partition coefficient (Wildman–Crippen LogP) is 4.91. The minimum atomic E-state index is -0.413. The van der Waals surface area contributed by atoms with Crippen LogP contribution in [0.25, 0.3) is 6.08 Å². The average molecular weight is 308 g/mol. The third-order valence-electron chi connectivity index (χ3n) is 2.85. The number of esters is 1. The number of halogens is 1. The van der Waals surface area contributed by atoms with Gasteiger partial charge in [-0.2, -0.15) is 0 Å². The summed E-state index contributed by atoms with van der Waals surface area (Å²) in [6.45, 7) is 6.21. The zero-order chi connectivity index (χ0) is 16.4. The van der Waals surface area contributed by atoms with Gasteiger partial charge in [-0.25, -0.2) is 4.39 Å². The summed E-state index contributed by atoms with van der Waals surface area (Å²) in [7, 11) is 0. The fourth-order valence-corrected chi connectivity index (χ4v) is 1.88. The van der Waals surface area contributed by atoms with Crippen LogP contribution >= 0.6 is 0 Å². The lowest BCUT2D eigenvalue weighted by Gasteiger charge is -2.19. The molecule has 4 heteroatoms. The molecule has 0 aromatic heterocycles. The summed E-state index contributed by atoms with van der Waals surface area (Å²) in [6.07, 6.45) is 4.96. The number of carbonyl (C=O) groups is 1. The third-order valence-corrected chi connectivity index (χ3v) is 2.85. The van der Waals surface area contributed by atoms with E-state index in [1.165, 1.54) is 6.08 Å². The molecular weight excluding hydrogens is 283 g/mol. The van der Waals surface area contributed by atoms with Crippen LogP contribution in [-0.4, -0.2) is 18.2 Å². The average Bonchev–Trinajstić information content (AvgIpc) is 2.43. The summed E-state index contributed by atoms with van der Waals surface area (Å²) < 4.78 is 22.8. The largest absolute Gasteiger partial charge is 0.494 e. The Morgan fingerprint density at radius 1 is 1.14 bits per heavy atom. The Hall–Kier alpha value is -1.84. The second-order valence-electron chi connectivity index (χ2n) is 6.11. The Morgan fingerprint density at radius 3 is 2.41 bits per heavy atom. The minimum Gasteiger partial charge on any atom is -0.494 e. The van der Waals surface area contributed by atoms with E-state index in [9.17, 15) is 9.18 Å². The van der Waals surface area contributed by atoms with Crippen LogP contribution in [0.3, 0.4) is 0 Å². The van der Waals surface area contributed by atoms with Crippen LogP contribution in [0.15, 0.2) is 30.6 Å². The molecule has 0 amide bonds. The van der Waals surface area contributed by atoms with E-state index >= 15 is 0 Å². The first-order valence-electron chi connectivity index (χ1n) is 7.62. The Labute approximate surface area is 132 Å². The number of carbonyl (C=O) groups excluding carboxylic acids is 1. The van der Waals surface area contributed by atoms with Crippen molar-refractivity contribution in [3.05, 3.63) is 36.2 Å². The predicted molar refractivity (Wildman–Crippen MR) is 86.4 cm³/mol. The Kier molecular flexibility index (Phi) is 7.64. The lowest BCUT2D eigenvalue weighted by Crippen LogP contribution is -2.23. The number of benzene rings is 1. The molecule has 0 N–H and O–H groups in total. The topological polar surface area (TPSA) is 35.5 Å². The van der Waals surface area contributed by atoms with Crippen molar-refractivity contribution in [3.8, 4) is 5.75 Å². The summed E-state index contributed by atoms with van der Waals surface area (Å²) in [5.74, 6) is 0.619. The highest BCUT2D eigenvalue weighted by atomic mass is 19.1. The zero-order valence-electron chi connectivity index (χ0n) is 13.6. The van der Waals surface area contributed by atoms with Crippen molar-refractivity contribution >= 4 is 12.0 Å². The molecule has 0 fully saturated rings. The SMILES string of the molecule is CC(C)(C)OC(=O)CCCCCOc1ccc(/C=C/F)cc1. The van der Waals surface area contributed by atoms with Crippen LogP contribution in [0.2, 0.25) is 0 Å². The van der Waals surface area contributed by atoms with E-state index in [1.807, 2.05) is 32.9 Å². The second kappa shape index (κ2) is 9.23. The minimum absolute atomic E-state index is 0.148. The lowest BCUT2D eigenvalue weighted by atomic mass is 10.1. The molecule has 0 aliphatic carbocycles. The normalized spacial score (nSPS) is 11.6. The number of hydrogen-bond acceptors (Lipinski definition) is 3. The third kappa shape index (κ3) is 8.45. The quantitative estimate of drug-likeness (QED) is 0.506. The Bertz CT molecular complexity index is 472. The molecule has 0 heterocycles. The summed E-state index contributed by atoms with van der Waals surface area (Å²) in [6, 6.07) is 7.23. The van der Waals surface area contributed by atoms with E-state index in [0.29, 0.717) is 19.4 Å². The second-order valence-corrected chi connectivity index (χ2v) is 6.11. The summed E-state index contributed by atoms with van der Waals surface area (Å²) in [5, 5.41) is 0. The first-order chi connectivity index (χ1) is 10.4. The molecule has 1 aromatic rings. The highest BCUT2D eigenvalue weighted by molar-refractivity contribution is 5.69. The molecule has 0 atom stereocenters. The molecule has 0 aliphatic rings. The van der Waals surface area contributed by atoms with E-state index in [4.69, 9.17) is 9.47 Å². The van der Waals surface area contributed by atoms with Crippen LogP contribution in [0.1, 0.15) is 52.0 Å². The summed E-state index contributed by atoms with van der Waals surface area (Å²) >= 11 is 0. The lowest BCUT2D eigenvalue weighted by molar-refractivity contribution is -0.154. The molecule has 0 saturated carbocycles. The van der Waals surface area contributed by atoms with Gasteiger partial charge >= 0.3 is 5.97 Å². The van der Waals surface area contributed by atoms with E-state index < -0.39 is 5.60 Å². The van der Waals surface area contributed by atoms with E-state index in [1.54, 1.807) is 12.1 Å². The number of unbranched alkanes of at least 4 members (excludes halogenated alkanes) is 2. The Balaban J connectivity index is 2.11. The highest BCUT2D eigenvalue weighted by Gasteiger charge is 2.15. The first-order valence-corrected chi connectivity index (χ1v) is 7.62. The van der Waals surface area contributed by atoms with E-state index in [2.05, 4.69) is 0 Å². The van der Waals surface area contributed by atoms with Crippen LogP contribution in [0.4, 0.5) is 4.39 Å². The van der Waals surface area contributed by atoms with Crippen LogP contribution in [0, 0.1) is 0 Å².